The lowest BCUT2D eigenvalue weighted by molar-refractivity contribution is -0.750. The van der Waals surface area contributed by atoms with Gasteiger partial charge in [-0.1, -0.05) is 0 Å². The average molecular weight is 596 g/mol. The quantitative estimate of drug-likeness (QED) is 0.347. The number of halogens is 3. The number of carbonyl (C=O) groups excluding carboxylic acids is 2. The molecule has 0 radical (unpaired) electrons. The number of hydrogen-bond donors (Lipinski definition) is 3. The van der Waals surface area contributed by atoms with Crippen molar-refractivity contribution in [2.45, 2.75) is 31.5 Å². The molecule has 224 valence electrons. The zero-order valence-electron chi connectivity index (χ0n) is 23.1. The van der Waals surface area contributed by atoms with Gasteiger partial charge in [-0.25, -0.2) is 4.98 Å². The van der Waals surface area contributed by atoms with Crippen molar-refractivity contribution in [1.29, 1.82) is 0 Å². The van der Waals surface area contributed by atoms with Gasteiger partial charge in [-0.3, -0.25) is 14.6 Å². The van der Waals surface area contributed by atoms with Crippen molar-refractivity contribution in [3.8, 4) is 0 Å². The molecular weight excluding hydrogens is 565 g/mol. The standard InChI is InChI=1S/C29H29F3N8O3/c30-29(31,32)21-7-9-35-24(14-21)37-27(41)19-5-3-18(4-6-19)26-38-25(23-15-34-10-12-40(23,26)33)39-11-1-2-20(16-39)28(42)36-22-8-13-43-17-22/h3-7,9-10,12,14-15,20,22H,1-2,8,11,13,16-17,33H2,(H-,35,36,37,41,42)/p+1/t20?,22-,40?/m1/s1. The monoisotopic (exact) mass is 595 g/mol. The van der Waals surface area contributed by atoms with E-state index in [4.69, 9.17) is 15.6 Å². The van der Waals surface area contributed by atoms with E-state index in [-0.39, 0.29) is 33.8 Å². The van der Waals surface area contributed by atoms with Crippen LogP contribution in [-0.4, -0.2) is 70.7 Å². The molecule has 2 amide bonds. The van der Waals surface area contributed by atoms with E-state index in [0.717, 1.165) is 37.6 Å². The van der Waals surface area contributed by atoms with Crippen LogP contribution in [0.25, 0.3) is 0 Å². The molecule has 0 saturated carbocycles. The minimum Gasteiger partial charge on any atom is -0.379 e. The van der Waals surface area contributed by atoms with E-state index in [0.29, 0.717) is 49.2 Å². The molecule has 3 atom stereocenters. The van der Waals surface area contributed by atoms with Gasteiger partial charge in [0, 0.05) is 31.5 Å². The fraction of sp³-hybridized carbons (Fsp3) is 0.345. The van der Waals surface area contributed by atoms with Gasteiger partial charge in [-0.15, -0.1) is 4.59 Å². The van der Waals surface area contributed by atoms with Crippen LogP contribution in [0, 0.1) is 5.92 Å². The molecule has 11 nitrogen and oxygen atoms in total. The number of quaternary nitrogens is 1. The lowest BCUT2D eigenvalue weighted by Gasteiger charge is -2.33. The molecule has 0 bridgehead atoms. The van der Waals surface area contributed by atoms with Gasteiger partial charge in [0.05, 0.1) is 42.1 Å². The number of amides is 2. The van der Waals surface area contributed by atoms with Crippen molar-refractivity contribution in [3.05, 3.63) is 83.2 Å². The second-order valence-electron chi connectivity index (χ2n) is 10.8. The predicted octanol–water partition coefficient (Wildman–Crippen LogP) is 3.15. The van der Waals surface area contributed by atoms with E-state index in [1.54, 1.807) is 42.9 Å². The van der Waals surface area contributed by atoms with Gasteiger partial charge in [-0.05, 0) is 55.7 Å². The summed E-state index contributed by atoms with van der Waals surface area (Å²) in [5, 5.41) is 5.51. The van der Waals surface area contributed by atoms with Crippen LogP contribution < -0.4 is 16.5 Å². The number of hydrogen-bond acceptors (Lipinski definition) is 8. The number of piperidine rings is 1. The summed E-state index contributed by atoms with van der Waals surface area (Å²) >= 11 is 0. The lowest BCUT2D eigenvalue weighted by Crippen LogP contribution is -2.53. The first-order chi connectivity index (χ1) is 20.6. The molecule has 0 spiro atoms. The molecule has 2 fully saturated rings. The maximum Gasteiger partial charge on any atom is 0.416 e. The largest absolute Gasteiger partial charge is 0.416 e. The Morgan fingerprint density at radius 2 is 1.95 bits per heavy atom. The van der Waals surface area contributed by atoms with Crippen LogP contribution in [0.2, 0.25) is 0 Å². The Kier molecular flexibility index (Phi) is 7.58. The third-order valence-corrected chi connectivity index (χ3v) is 7.88. The predicted molar refractivity (Wildman–Crippen MR) is 151 cm³/mol. The van der Waals surface area contributed by atoms with E-state index in [9.17, 15) is 22.8 Å². The average Bonchev–Trinajstić information content (AvgIpc) is 3.62. The van der Waals surface area contributed by atoms with Gasteiger partial charge in [0.2, 0.25) is 17.4 Å². The molecule has 4 aliphatic rings. The molecule has 0 aliphatic carbocycles. The number of nitrogens with one attached hydrogen (secondary N) is 2. The number of alkyl halides is 3. The van der Waals surface area contributed by atoms with E-state index in [2.05, 4.69) is 25.5 Å². The van der Waals surface area contributed by atoms with Gasteiger partial charge in [0.15, 0.2) is 0 Å². The van der Waals surface area contributed by atoms with E-state index in [1.165, 1.54) is 0 Å². The summed E-state index contributed by atoms with van der Waals surface area (Å²) in [4.78, 5) is 40.9. The Hall–Kier alpha value is -4.40. The molecule has 2 saturated heterocycles. The van der Waals surface area contributed by atoms with Crippen molar-refractivity contribution in [1.82, 2.24) is 15.2 Å². The number of ether oxygens (including phenoxy) is 1. The Bertz CT molecular complexity index is 1550. The van der Waals surface area contributed by atoms with Gasteiger partial charge >= 0.3 is 6.18 Å². The molecule has 5 heterocycles. The first kappa shape index (κ1) is 28.7. The molecule has 4 N–H and O–H groups in total. The highest BCUT2D eigenvalue weighted by Gasteiger charge is 2.46. The van der Waals surface area contributed by atoms with Crippen molar-refractivity contribution in [2.24, 2.45) is 21.7 Å². The molecule has 6 rings (SSSR count). The van der Waals surface area contributed by atoms with E-state index in [1.807, 2.05) is 0 Å². The molecule has 4 aliphatic heterocycles. The minimum absolute atomic E-state index is 0.00732. The Labute approximate surface area is 245 Å². The zero-order valence-corrected chi connectivity index (χ0v) is 23.1. The van der Waals surface area contributed by atoms with Crippen LogP contribution in [0.15, 0.2) is 76.5 Å². The number of anilines is 1. The SMILES string of the molecule is N[N+]12C=CN=CC1=C(N1CCCC(C(=O)N[C@@H]3CCOC3)C1)N=C2c1ccc(C(=O)Nc2cc(C(F)(F)F)ccn2)cc1. The Balaban J connectivity index is 1.20. The maximum absolute atomic E-state index is 13.0. The molecular formula is C29H30F3N8O3+. The smallest absolute Gasteiger partial charge is 0.379 e. The maximum atomic E-state index is 13.0. The van der Waals surface area contributed by atoms with Crippen molar-refractivity contribution in [2.75, 3.05) is 31.6 Å². The highest BCUT2D eigenvalue weighted by atomic mass is 19.4. The van der Waals surface area contributed by atoms with Crippen molar-refractivity contribution in [3.63, 3.8) is 0 Å². The number of aromatic nitrogens is 1. The van der Waals surface area contributed by atoms with Gasteiger partial charge in [0.1, 0.15) is 12.0 Å². The molecule has 2 unspecified atom stereocenters. The van der Waals surface area contributed by atoms with Crippen molar-refractivity contribution < 1.29 is 32.1 Å². The zero-order chi connectivity index (χ0) is 30.2. The summed E-state index contributed by atoms with van der Waals surface area (Å²) in [7, 11) is 0. The van der Waals surface area contributed by atoms with Gasteiger partial charge < -0.3 is 20.3 Å². The summed E-state index contributed by atoms with van der Waals surface area (Å²) in [6.45, 7) is 2.36. The number of likely N-dealkylation sites (tertiary alicyclic amines) is 1. The number of benzene rings is 1. The van der Waals surface area contributed by atoms with E-state index < -0.39 is 17.6 Å². The Morgan fingerprint density at radius 3 is 2.70 bits per heavy atom. The second-order valence-corrected chi connectivity index (χ2v) is 10.8. The minimum atomic E-state index is -4.56. The van der Waals surface area contributed by atoms with E-state index >= 15 is 0 Å². The summed E-state index contributed by atoms with van der Waals surface area (Å²) in [6, 6.07) is 8.09. The number of amidine groups is 1. The van der Waals surface area contributed by atoms with Crippen LogP contribution in [-0.2, 0) is 15.7 Å². The first-order valence-electron chi connectivity index (χ1n) is 13.9. The van der Waals surface area contributed by atoms with Crippen LogP contribution >= 0.6 is 0 Å². The summed E-state index contributed by atoms with van der Waals surface area (Å²) in [5.41, 5.74) is 0.592. The highest BCUT2D eigenvalue weighted by molar-refractivity contribution is 6.05. The summed E-state index contributed by atoms with van der Waals surface area (Å²) in [5.74, 6) is 6.96. The molecule has 1 aromatic carbocycles. The van der Waals surface area contributed by atoms with Crippen molar-refractivity contribution >= 4 is 29.7 Å². The van der Waals surface area contributed by atoms with Gasteiger partial charge in [-0.2, -0.15) is 24.0 Å². The second kappa shape index (κ2) is 11.4. The van der Waals surface area contributed by atoms with Crippen LogP contribution in [0.5, 0.6) is 0 Å². The number of allylic oxidation sites excluding steroid dienone is 1. The van der Waals surface area contributed by atoms with Crippen LogP contribution in [0.3, 0.4) is 0 Å². The molecule has 14 heteroatoms. The molecule has 2 aromatic rings. The fourth-order valence-electron chi connectivity index (χ4n) is 5.58. The Morgan fingerprint density at radius 1 is 1.14 bits per heavy atom. The molecule has 43 heavy (non-hydrogen) atoms. The first-order valence-corrected chi connectivity index (χ1v) is 13.9. The lowest BCUT2D eigenvalue weighted by atomic mass is 9.96. The number of aliphatic imine (C=N–C) groups is 2. The topological polar surface area (TPSA) is 134 Å². The summed E-state index contributed by atoms with van der Waals surface area (Å²) in [6.07, 6.45) is 3.77. The third-order valence-electron chi connectivity index (χ3n) is 7.88. The number of fused-ring (bicyclic) bond motifs is 1. The normalized spacial score (nSPS) is 25.0. The number of carbonyl (C=O) groups is 2. The number of nitrogens with two attached hydrogens (primary N) is 1. The number of nitrogens with zero attached hydrogens (tertiary/aromatic N) is 5. The van der Waals surface area contributed by atoms with Crippen LogP contribution in [0.1, 0.15) is 40.7 Å². The highest BCUT2D eigenvalue weighted by Crippen LogP contribution is 2.35. The fourth-order valence-corrected chi connectivity index (χ4v) is 5.58. The summed E-state index contributed by atoms with van der Waals surface area (Å²) < 4.78 is 44.3. The third kappa shape index (κ3) is 5.81. The number of pyridine rings is 1. The number of rotatable bonds is 6. The van der Waals surface area contributed by atoms with Gasteiger partial charge in [0.25, 0.3) is 11.7 Å². The van der Waals surface area contributed by atoms with Crippen LogP contribution in [0.4, 0.5) is 19.0 Å². The molecule has 1 aromatic heterocycles.